The van der Waals surface area contributed by atoms with Gasteiger partial charge in [0.15, 0.2) is 5.82 Å². The van der Waals surface area contributed by atoms with Crippen molar-refractivity contribution in [1.82, 2.24) is 4.98 Å². The molecule has 8 heteroatoms. The number of ether oxygens (including phenoxy) is 2. The van der Waals surface area contributed by atoms with E-state index in [1.54, 1.807) is 25.5 Å². The average molecular weight is 455 g/mol. The van der Waals surface area contributed by atoms with Crippen LogP contribution < -0.4 is 10.2 Å². The molecule has 1 N–H and O–H groups in total. The second-order valence-corrected chi connectivity index (χ2v) is 7.48. The fourth-order valence-electron chi connectivity index (χ4n) is 2.83. The second-order valence-electron chi connectivity index (χ2n) is 6.67. The lowest BCUT2D eigenvalue weighted by atomic mass is 10.1. The summed E-state index contributed by atoms with van der Waals surface area (Å²) >= 11 is 12.0. The van der Waals surface area contributed by atoms with Crippen molar-refractivity contribution in [2.45, 2.75) is 20.1 Å². The van der Waals surface area contributed by atoms with Gasteiger partial charge in [-0.05, 0) is 60.5 Å². The average Bonchev–Trinajstić information content (AvgIpc) is 2.75. The molecule has 0 amide bonds. The Hall–Kier alpha value is -3.11. The number of nitriles is 1. The van der Waals surface area contributed by atoms with Crippen LogP contribution in [-0.4, -0.2) is 18.3 Å². The van der Waals surface area contributed by atoms with E-state index in [0.717, 1.165) is 22.4 Å². The molecule has 0 spiro atoms. The molecule has 3 rings (SSSR count). The zero-order chi connectivity index (χ0) is 22.2. The Balaban J connectivity index is 1.62. The second kappa shape index (κ2) is 10.8. The third-order valence-electron chi connectivity index (χ3n) is 4.29. The van der Waals surface area contributed by atoms with Gasteiger partial charge in [0.05, 0.1) is 22.9 Å². The number of anilines is 1. The molecule has 1 heterocycles. The summed E-state index contributed by atoms with van der Waals surface area (Å²) in [5.41, 5.74) is 6.58. The minimum Gasteiger partial charge on any atom is -0.489 e. The molecule has 6 nitrogen and oxygen atoms in total. The standard InChI is InChI=1S/C23H20Cl2N4O2/c1-15-9-18(14-30-2)20(11-26)23(28-15)29-27-12-16-3-6-19(7-4-16)31-13-17-5-8-21(24)22(25)10-17/h3-10,12H,13-14H2,1-2H3,(H,28,29)/b27-12+. The van der Waals surface area contributed by atoms with E-state index in [1.807, 2.05) is 43.3 Å². The Morgan fingerprint density at radius 1 is 1.10 bits per heavy atom. The number of nitrogens with one attached hydrogen (secondary N) is 1. The van der Waals surface area contributed by atoms with Crippen LogP contribution in [0.25, 0.3) is 0 Å². The van der Waals surface area contributed by atoms with Crippen LogP contribution >= 0.6 is 23.2 Å². The lowest BCUT2D eigenvalue weighted by molar-refractivity contribution is 0.184. The maximum Gasteiger partial charge on any atom is 0.164 e. The predicted molar refractivity (Wildman–Crippen MR) is 123 cm³/mol. The smallest absolute Gasteiger partial charge is 0.164 e. The number of rotatable bonds is 8. The molecular formula is C23H20Cl2N4O2. The molecule has 158 valence electrons. The molecule has 2 aromatic carbocycles. The van der Waals surface area contributed by atoms with Crippen LogP contribution in [0.15, 0.2) is 53.6 Å². The van der Waals surface area contributed by atoms with Gasteiger partial charge < -0.3 is 9.47 Å². The van der Waals surface area contributed by atoms with Crippen LogP contribution in [0.5, 0.6) is 5.75 Å². The zero-order valence-electron chi connectivity index (χ0n) is 17.0. The van der Waals surface area contributed by atoms with Gasteiger partial charge in [-0.25, -0.2) is 4.98 Å². The Morgan fingerprint density at radius 3 is 2.55 bits per heavy atom. The van der Waals surface area contributed by atoms with Gasteiger partial charge in [0, 0.05) is 18.4 Å². The molecule has 0 aliphatic heterocycles. The first kappa shape index (κ1) is 22.6. The van der Waals surface area contributed by atoms with E-state index in [-0.39, 0.29) is 0 Å². The SMILES string of the molecule is COCc1cc(C)nc(N/N=C/c2ccc(OCc3ccc(Cl)c(Cl)c3)cc2)c1C#N. The molecule has 1 aromatic heterocycles. The van der Waals surface area contributed by atoms with Crippen LogP contribution in [-0.2, 0) is 18.0 Å². The van der Waals surface area contributed by atoms with E-state index in [9.17, 15) is 5.26 Å². The first-order valence-corrected chi connectivity index (χ1v) is 10.1. The minimum absolute atomic E-state index is 0.328. The van der Waals surface area contributed by atoms with E-state index in [1.165, 1.54) is 0 Å². The van der Waals surface area contributed by atoms with Gasteiger partial charge in [0.1, 0.15) is 24.0 Å². The van der Waals surface area contributed by atoms with E-state index in [4.69, 9.17) is 32.7 Å². The molecule has 3 aromatic rings. The number of benzene rings is 2. The van der Waals surface area contributed by atoms with Crippen molar-refractivity contribution in [2.24, 2.45) is 5.10 Å². The summed E-state index contributed by atoms with van der Waals surface area (Å²) in [7, 11) is 1.58. The summed E-state index contributed by atoms with van der Waals surface area (Å²) in [4.78, 5) is 4.36. The summed E-state index contributed by atoms with van der Waals surface area (Å²) in [6, 6.07) is 16.8. The lowest BCUT2D eigenvalue weighted by Gasteiger charge is -2.09. The predicted octanol–water partition coefficient (Wildman–Crippen LogP) is 5.74. The summed E-state index contributed by atoms with van der Waals surface area (Å²) in [5, 5.41) is 14.7. The normalized spacial score (nSPS) is 10.8. The fourth-order valence-corrected chi connectivity index (χ4v) is 3.15. The number of halogens is 2. The van der Waals surface area contributed by atoms with E-state index >= 15 is 0 Å². The van der Waals surface area contributed by atoms with Crippen LogP contribution in [0.3, 0.4) is 0 Å². The van der Waals surface area contributed by atoms with Crippen molar-refractivity contribution in [1.29, 1.82) is 5.26 Å². The molecule has 0 fully saturated rings. The first-order valence-electron chi connectivity index (χ1n) is 9.35. The van der Waals surface area contributed by atoms with Crippen molar-refractivity contribution in [3.63, 3.8) is 0 Å². The number of pyridine rings is 1. The lowest BCUT2D eigenvalue weighted by Crippen LogP contribution is -2.03. The summed E-state index contributed by atoms with van der Waals surface area (Å²) < 4.78 is 10.9. The van der Waals surface area contributed by atoms with Gasteiger partial charge in [-0.3, -0.25) is 5.43 Å². The summed E-state index contributed by atoms with van der Waals surface area (Å²) in [6.07, 6.45) is 1.64. The number of aryl methyl sites for hydroxylation is 1. The number of hydrazone groups is 1. The molecule has 0 radical (unpaired) electrons. The third kappa shape index (κ3) is 6.19. The van der Waals surface area contributed by atoms with Gasteiger partial charge in [-0.15, -0.1) is 0 Å². The Morgan fingerprint density at radius 2 is 1.87 bits per heavy atom. The monoisotopic (exact) mass is 454 g/mol. The van der Waals surface area contributed by atoms with Gasteiger partial charge >= 0.3 is 0 Å². The molecule has 0 saturated carbocycles. The molecule has 31 heavy (non-hydrogen) atoms. The van der Waals surface area contributed by atoms with Gasteiger partial charge in [-0.2, -0.15) is 10.4 Å². The van der Waals surface area contributed by atoms with Gasteiger partial charge in [-0.1, -0.05) is 29.3 Å². The fraction of sp³-hybridized carbons (Fsp3) is 0.174. The van der Waals surface area contributed by atoms with Crippen LogP contribution in [0.2, 0.25) is 10.0 Å². The van der Waals surface area contributed by atoms with Crippen molar-refractivity contribution in [3.8, 4) is 11.8 Å². The topological polar surface area (TPSA) is 79.5 Å². The molecule has 0 unspecified atom stereocenters. The Bertz CT molecular complexity index is 1130. The van der Waals surface area contributed by atoms with Crippen LogP contribution in [0.4, 0.5) is 5.82 Å². The molecule has 0 aliphatic carbocycles. The number of methoxy groups -OCH3 is 1. The first-order chi connectivity index (χ1) is 15.0. The van der Waals surface area contributed by atoms with Crippen LogP contribution in [0, 0.1) is 18.3 Å². The van der Waals surface area contributed by atoms with Gasteiger partial charge in [0.2, 0.25) is 0 Å². The van der Waals surface area contributed by atoms with E-state index < -0.39 is 0 Å². The highest BCUT2D eigenvalue weighted by Gasteiger charge is 2.10. The Labute approximate surface area is 191 Å². The molecule has 0 atom stereocenters. The van der Waals surface area contributed by atoms with Crippen molar-refractivity contribution in [3.05, 3.63) is 86.5 Å². The third-order valence-corrected chi connectivity index (χ3v) is 5.03. The van der Waals surface area contributed by atoms with E-state index in [0.29, 0.717) is 40.4 Å². The molecular weight excluding hydrogens is 435 g/mol. The summed E-state index contributed by atoms with van der Waals surface area (Å²) in [6.45, 7) is 2.56. The molecule has 0 bridgehead atoms. The molecule has 0 aliphatic rings. The maximum atomic E-state index is 9.46. The highest BCUT2D eigenvalue weighted by atomic mass is 35.5. The number of hydrogen-bond acceptors (Lipinski definition) is 6. The largest absolute Gasteiger partial charge is 0.489 e. The van der Waals surface area contributed by atoms with Crippen LogP contribution in [0.1, 0.15) is 27.9 Å². The quantitative estimate of drug-likeness (QED) is 0.346. The van der Waals surface area contributed by atoms with Crippen molar-refractivity contribution in [2.75, 3.05) is 12.5 Å². The molecule has 0 saturated heterocycles. The number of aromatic nitrogens is 1. The highest BCUT2D eigenvalue weighted by molar-refractivity contribution is 6.42. The minimum atomic E-state index is 0.328. The maximum absolute atomic E-state index is 9.46. The van der Waals surface area contributed by atoms with E-state index in [2.05, 4.69) is 21.6 Å². The number of nitrogens with zero attached hydrogens (tertiary/aromatic N) is 3. The Kier molecular flexibility index (Phi) is 7.85. The highest BCUT2D eigenvalue weighted by Crippen LogP contribution is 2.23. The van der Waals surface area contributed by atoms with Crippen molar-refractivity contribution < 1.29 is 9.47 Å². The van der Waals surface area contributed by atoms with Gasteiger partial charge in [0.25, 0.3) is 0 Å². The van der Waals surface area contributed by atoms with Crippen molar-refractivity contribution >= 4 is 35.2 Å². The summed E-state index contributed by atoms with van der Waals surface area (Å²) in [5.74, 6) is 1.11. The zero-order valence-corrected chi connectivity index (χ0v) is 18.5. The number of hydrogen-bond donors (Lipinski definition) is 1.